The highest BCUT2D eigenvalue weighted by molar-refractivity contribution is 6.30. The third kappa shape index (κ3) is 5.42. The van der Waals surface area contributed by atoms with Gasteiger partial charge in [0.05, 0.1) is 11.8 Å². The van der Waals surface area contributed by atoms with E-state index in [1.807, 2.05) is 0 Å². The van der Waals surface area contributed by atoms with E-state index >= 15 is 0 Å². The van der Waals surface area contributed by atoms with Crippen molar-refractivity contribution in [1.82, 2.24) is 10.3 Å². The molecule has 0 bridgehead atoms. The number of hydrogen-bond acceptors (Lipinski definition) is 3. The number of aromatic nitrogens is 1. The molecular weight excluding hydrogens is 367 g/mol. The smallest absolute Gasteiger partial charge is 0.251 e. The minimum atomic E-state index is -0.589. The Bertz CT molecular complexity index is 761. The average Bonchev–Trinajstić information content (AvgIpc) is 2.69. The van der Waals surface area contributed by atoms with Crippen LogP contribution in [0.25, 0.3) is 0 Å². The maximum atomic E-state index is 12.7. The van der Waals surface area contributed by atoms with E-state index in [0.29, 0.717) is 27.9 Å². The summed E-state index contributed by atoms with van der Waals surface area (Å²) in [4.78, 5) is 16.3. The fourth-order valence-electron chi connectivity index (χ4n) is 3.51. The highest BCUT2D eigenvalue weighted by Gasteiger charge is 2.27. The van der Waals surface area contributed by atoms with E-state index < -0.39 is 6.67 Å². The number of nitrogens with zero attached hydrogens (tertiary/aromatic N) is 1. The van der Waals surface area contributed by atoms with E-state index in [-0.39, 0.29) is 18.1 Å². The van der Waals surface area contributed by atoms with Crippen molar-refractivity contribution in [1.29, 1.82) is 0 Å². The second-order valence-electron chi connectivity index (χ2n) is 7.04. The van der Waals surface area contributed by atoms with Crippen LogP contribution in [0, 0.1) is 5.92 Å². The molecule has 1 aromatic carbocycles. The first-order valence-corrected chi connectivity index (χ1v) is 9.67. The van der Waals surface area contributed by atoms with Crippen molar-refractivity contribution in [3.05, 3.63) is 58.9 Å². The van der Waals surface area contributed by atoms with Crippen molar-refractivity contribution in [3.63, 3.8) is 0 Å². The second kappa shape index (κ2) is 9.18. The fourth-order valence-corrected chi connectivity index (χ4v) is 3.64. The van der Waals surface area contributed by atoms with Gasteiger partial charge in [0.1, 0.15) is 12.4 Å². The summed E-state index contributed by atoms with van der Waals surface area (Å²) in [6.07, 6.45) is 5.49. The van der Waals surface area contributed by atoms with E-state index in [4.69, 9.17) is 16.3 Å². The molecule has 1 amide bonds. The molecule has 1 aromatic heterocycles. The molecule has 1 aliphatic rings. The summed E-state index contributed by atoms with van der Waals surface area (Å²) in [6, 6.07) is 10.4. The van der Waals surface area contributed by atoms with Crippen molar-refractivity contribution in [2.24, 2.45) is 5.92 Å². The van der Waals surface area contributed by atoms with Gasteiger partial charge in [-0.05, 0) is 68.9 Å². The molecule has 4 nitrogen and oxygen atoms in total. The van der Waals surface area contributed by atoms with Gasteiger partial charge in [0.25, 0.3) is 5.91 Å². The summed E-state index contributed by atoms with van der Waals surface area (Å²) < 4.78 is 18.7. The Morgan fingerprint density at radius 2 is 1.96 bits per heavy atom. The second-order valence-corrected chi connectivity index (χ2v) is 7.48. The Kier molecular flexibility index (Phi) is 6.67. The highest BCUT2D eigenvalue weighted by atomic mass is 35.5. The lowest BCUT2D eigenvalue weighted by Crippen LogP contribution is -2.40. The largest absolute Gasteiger partial charge is 0.490 e. The Hall–Kier alpha value is -2.14. The van der Waals surface area contributed by atoms with Crippen LogP contribution in [0.5, 0.6) is 5.75 Å². The normalized spacial score (nSPS) is 20.7. The van der Waals surface area contributed by atoms with E-state index in [9.17, 15) is 9.18 Å². The molecule has 1 heterocycles. The van der Waals surface area contributed by atoms with Gasteiger partial charge in [-0.2, -0.15) is 0 Å². The van der Waals surface area contributed by atoms with Crippen LogP contribution in [-0.2, 0) is 6.67 Å². The lowest BCUT2D eigenvalue weighted by Gasteiger charge is -2.32. The molecule has 1 aliphatic carbocycles. The van der Waals surface area contributed by atoms with Gasteiger partial charge in [0.2, 0.25) is 0 Å². The Morgan fingerprint density at radius 1 is 1.26 bits per heavy atom. The van der Waals surface area contributed by atoms with Gasteiger partial charge in [-0.1, -0.05) is 11.6 Å². The maximum absolute atomic E-state index is 12.7. The first kappa shape index (κ1) is 19.6. The summed E-state index contributed by atoms with van der Waals surface area (Å²) in [7, 11) is 0. The van der Waals surface area contributed by atoms with E-state index in [2.05, 4.69) is 17.2 Å². The van der Waals surface area contributed by atoms with Gasteiger partial charge < -0.3 is 10.1 Å². The summed E-state index contributed by atoms with van der Waals surface area (Å²) in [5.41, 5.74) is 1.00. The number of carbonyl (C=O) groups is 1. The summed E-state index contributed by atoms with van der Waals surface area (Å²) in [5.74, 6) is 1.01. The Labute approximate surface area is 164 Å². The van der Waals surface area contributed by atoms with Crippen LogP contribution in [0.15, 0.2) is 42.6 Å². The van der Waals surface area contributed by atoms with Crippen molar-refractivity contribution >= 4 is 17.5 Å². The van der Waals surface area contributed by atoms with Crippen LogP contribution in [0.4, 0.5) is 4.39 Å². The number of carbonyl (C=O) groups excluding carboxylic acids is 1. The molecule has 1 saturated carbocycles. The zero-order chi connectivity index (χ0) is 19.2. The third-order valence-corrected chi connectivity index (χ3v) is 5.37. The predicted molar refractivity (Wildman–Crippen MR) is 104 cm³/mol. The zero-order valence-electron chi connectivity index (χ0n) is 15.3. The number of halogens is 2. The number of nitrogens with one attached hydrogen (secondary N) is 1. The number of pyridine rings is 1. The Morgan fingerprint density at radius 3 is 2.63 bits per heavy atom. The monoisotopic (exact) mass is 390 g/mol. The van der Waals surface area contributed by atoms with Crippen molar-refractivity contribution in [3.8, 4) is 5.75 Å². The Balaban J connectivity index is 1.48. The number of alkyl halides is 1. The standard InChI is InChI=1S/C21H24ClFN2O2/c1-14(25-21(26)16-2-6-17(22)7-3-16)15-4-8-19(9-5-15)27-20-10-11-24-18(12-20)13-23/h2-3,6-7,10-12,14-15,19H,4-5,8-9,13H2,1H3,(H,25,26)/t14?,15-,19-. The van der Waals surface area contributed by atoms with Crippen LogP contribution >= 0.6 is 11.6 Å². The lowest BCUT2D eigenvalue weighted by molar-refractivity contribution is 0.0885. The third-order valence-electron chi connectivity index (χ3n) is 5.12. The van der Waals surface area contributed by atoms with Crippen molar-refractivity contribution < 1.29 is 13.9 Å². The minimum Gasteiger partial charge on any atom is -0.490 e. The van der Waals surface area contributed by atoms with E-state index in [0.717, 1.165) is 25.7 Å². The van der Waals surface area contributed by atoms with Crippen LogP contribution in [0.2, 0.25) is 5.02 Å². The van der Waals surface area contributed by atoms with E-state index in [1.54, 1.807) is 42.6 Å². The number of benzene rings is 1. The molecule has 2 aromatic rings. The molecule has 1 atom stereocenters. The fraction of sp³-hybridized carbons (Fsp3) is 0.429. The topological polar surface area (TPSA) is 51.2 Å². The lowest BCUT2D eigenvalue weighted by atomic mass is 9.83. The van der Waals surface area contributed by atoms with Crippen LogP contribution in [0.3, 0.4) is 0 Å². The predicted octanol–water partition coefficient (Wildman–Crippen LogP) is 4.96. The SMILES string of the molecule is CC(NC(=O)c1ccc(Cl)cc1)[C@H]1CC[C@H](Oc2ccnc(CF)c2)CC1. The van der Waals surface area contributed by atoms with Gasteiger partial charge in [-0.3, -0.25) is 9.78 Å². The molecule has 0 saturated heterocycles. The summed E-state index contributed by atoms with van der Waals surface area (Å²) >= 11 is 5.87. The first-order chi connectivity index (χ1) is 13.0. The zero-order valence-corrected chi connectivity index (χ0v) is 16.1. The molecule has 3 rings (SSSR count). The number of amides is 1. The summed E-state index contributed by atoms with van der Waals surface area (Å²) in [6.45, 7) is 1.46. The van der Waals surface area contributed by atoms with Crippen LogP contribution in [0.1, 0.15) is 48.7 Å². The minimum absolute atomic E-state index is 0.0759. The molecular formula is C21H24ClFN2O2. The number of rotatable bonds is 6. The van der Waals surface area contributed by atoms with Crippen molar-refractivity contribution in [2.45, 2.75) is 51.4 Å². The molecule has 0 spiro atoms. The first-order valence-electron chi connectivity index (χ1n) is 9.29. The van der Waals surface area contributed by atoms with Gasteiger partial charge in [-0.15, -0.1) is 0 Å². The molecule has 0 radical (unpaired) electrons. The quantitative estimate of drug-likeness (QED) is 0.758. The van der Waals surface area contributed by atoms with Gasteiger partial charge in [-0.25, -0.2) is 4.39 Å². The number of hydrogen-bond donors (Lipinski definition) is 1. The molecule has 144 valence electrons. The maximum Gasteiger partial charge on any atom is 0.251 e. The van der Waals surface area contributed by atoms with Crippen LogP contribution in [-0.4, -0.2) is 23.0 Å². The van der Waals surface area contributed by atoms with Crippen LogP contribution < -0.4 is 10.1 Å². The molecule has 27 heavy (non-hydrogen) atoms. The number of ether oxygens (including phenoxy) is 1. The summed E-state index contributed by atoms with van der Waals surface area (Å²) in [5, 5.41) is 3.71. The molecule has 1 N–H and O–H groups in total. The van der Waals surface area contributed by atoms with Gasteiger partial charge >= 0.3 is 0 Å². The van der Waals surface area contributed by atoms with Gasteiger partial charge in [0, 0.05) is 28.9 Å². The molecule has 1 fully saturated rings. The average molecular weight is 391 g/mol. The molecule has 0 aliphatic heterocycles. The van der Waals surface area contributed by atoms with Crippen molar-refractivity contribution in [2.75, 3.05) is 0 Å². The van der Waals surface area contributed by atoms with Gasteiger partial charge in [0.15, 0.2) is 0 Å². The molecule has 6 heteroatoms. The molecule has 1 unspecified atom stereocenters. The highest BCUT2D eigenvalue weighted by Crippen LogP contribution is 2.30. The van der Waals surface area contributed by atoms with E-state index in [1.165, 1.54) is 0 Å².